The van der Waals surface area contributed by atoms with E-state index in [-0.39, 0.29) is 48.3 Å². The summed E-state index contributed by atoms with van der Waals surface area (Å²) in [7, 11) is -4.42. The number of halogens is 1. The fraction of sp³-hybridized carbons (Fsp3) is 0.231. The van der Waals surface area contributed by atoms with Gasteiger partial charge in [0, 0.05) is 12.3 Å². The first-order valence-corrected chi connectivity index (χ1v) is 13.4. The number of rotatable bonds is 8. The number of para-hydroxylation sites is 1. The third-order valence-corrected chi connectivity index (χ3v) is 7.38. The van der Waals surface area contributed by atoms with Gasteiger partial charge in [-0.25, -0.2) is 22.5 Å². The van der Waals surface area contributed by atoms with Gasteiger partial charge in [0.2, 0.25) is 5.88 Å². The number of carbonyl (C=O) groups excluding carboxylic acids is 1. The maximum Gasteiger partial charge on any atom is 0.268 e. The number of nitrogens with one attached hydrogen (secondary N) is 2. The molecule has 0 bridgehead atoms. The van der Waals surface area contributed by atoms with E-state index in [1.54, 1.807) is 30.5 Å². The standard InChI is InChI=1S/C26H22FN5O6S/c27-24-10-16(8-9-36-24)15-37-26-17(12-28)11-18(13-29-26)39(34,35)32-25(33)19-4-1-2-6-22(19)38-23-7-3-5-21-20(23)14-30-31-21/h1-7,11,13-14,16,24H,8-10,15H2,(H,30,31)(H,32,33). The van der Waals surface area contributed by atoms with Crippen LogP contribution >= 0.6 is 0 Å². The lowest BCUT2D eigenvalue weighted by molar-refractivity contribution is -0.0918. The summed E-state index contributed by atoms with van der Waals surface area (Å²) >= 11 is 0. The number of carbonyl (C=O) groups is 1. The molecule has 1 aliphatic rings. The van der Waals surface area contributed by atoms with Gasteiger partial charge < -0.3 is 14.2 Å². The molecule has 1 saturated heterocycles. The number of aromatic nitrogens is 3. The van der Waals surface area contributed by atoms with Crippen LogP contribution < -0.4 is 14.2 Å². The third kappa shape index (κ3) is 5.82. The highest BCUT2D eigenvalue weighted by Gasteiger charge is 2.25. The summed E-state index contributed by atoms with van der Waals surface area (Å²) in [6.45, 7) is 0.357. The molecule has 13 heteroatoms. The molecule has 0 saturated carbocycles. The number of hydrogen-bond donors (Lipinski definition) is 2. The van der Waals surface area contributed by atoms with Crippen molar-refractivity contribution < 1.29 is 31.8 Å². The van der Waals surface area contributed by atoms with Gasteiger partial charge in [0.25, 0.3) is 15.9 Å². The monoisotopic (exact) mass is 551 g/mol. The van der Waals surface area contributed by atoms with E-state index in [1.165, 1.54) is 12.1 Å². The van der Waals surface area contributed by atoms with Crippen LogP contribution in [0.2, 0.25) is 0 Å². The summed E-state index contributed by atoms with van der Waals surface area (Å²) in [4.78, 5) is 16.6. The quantitative estimate of drug-likeness (QED) is 0.332. The Labute approximate surface area is 222 Å². The molecule has 1 amide bonds. The van der Waals surface area contributed by atoms with E-state index in [0.717, 1.165) is 17.8 Å². The van der Waals surface area contributed by atoms with Gasteiger partial charge in [0.1, 0.15) is 28.0 Å². The van der Waals surface area contributed by atoms with Crippen LogP contribution in [0.15, 0.2) is 65.8 Å². The average molecular weight is 552 g/mol. The molecule has 2 aromatic heterocycles. The van der Waals surface area contributed by atoms with Crippen LogP contribution in [0.5, 0.6) is 17.4 Å². The van der Waals surface area contributed by atoms with E-state index < -0.39 is 27.2 Å². The van der Waals surface area contributed by atoms with Gasteiger partial charge in [-0.1, -0.05) is 18.2 Å². The summed E-state index contributed by atoms with van der Waals surface area (Å²) in [5.41, 5.74) is 0.549. The number of hydrogen-bond acceptors (Lipinski definition) is 9. The largest absolute Gasteiger partial charge is 0.476 e. The minimum Gasteiger partial charge on any atom is -0.476 e. The first-order valence-electron chi connectivity index (χ1n) is 11.9. The molecule has 1 aliphatic heterocycles. The molecule has 4 aromatic rings. The van der Waals surface area contributed by atoms with Crippen molar-refractivity contribution >= 4 is 26.8 Å². The van der Waals surface area contributed by atoms with Gasteiger partial charge in [-0.15, -0.1) is 0 Å². The summed E-state index contributed by atoms with van der Waals surface area (Å²) < 4.78 is 57.8. The molecular weight excluding hydrogens is 529 g/mol. The van der Waals surface area contributed by atoms with Crippen LogP contribution in [0.4, 0.5) is 4.39 Å². The lowest BCUT2D eigenvalue weighted by atomic mass is 10.0. The minimum atomic E-state index is -4.42. The van der Waals surface area contributed by atoms with Crippen molar-refractivity contribution in [2.75, 3.05) is 13.2 Å². The Morgan fingerprint density at radius 3 is 2.85 bits per heavy atom. The highest BCUT2D eigenvalue weighted by Crippen LogP contribution is 2.31. The maximum atomic E-state index is 13.4. The second-order valence-corrected chi connectivity index (χ2v) is 10.4. The number of alkyl halides is 1. The van der Waals surface area contributed by atoms with Crippen LogP contribution in [-0.2, 0) is 14.8 Å². The summed E-state index contributed by atoms with van der Waals surface area (Å²) in [5, 5.41) is 17.0. The number of nitriles is 1. The number of benzene rings is 2. The van der Waals surface area contributed by atoms with Gasteiger partial charge in [-0.2, -0.15) is 10.4 Å². The summed E-state index contributed by atoms with van der Waals surface area (Å²) in [5.74, 6) is -0.610. The fourth-order valence-electron chi connectivity index (χ4n) is 4.06. The second-order valence-electron chi connectivity index (χ2n) is 8.74. The highest BCUT2D eigenvalue weighted by molar-refractivity contribution is 7.90. The first-order chi connectivity index (χ1) is 18.8. The molecule has 2 aromatic carbocycles. The van der Waals surface area contributed by atoms with Crippen molar-refractivity contribution in [3.63, 3.8) is 0 Å². The zero-order chi connectivity index (χ0) is 27.4. The smallest absolute Gasteiger partial charge is 0.268 e. The van der Waals surface area contributed by atoms with E-state index in [9.17, 15) is 22.9 Å². The van der Waals surface area contributed by atoms with Crippen LogP contribution in [0.25, 0.3) is 10.9 Å². The van der Waals surface area contributed by atoms with Crippen molar-refractivity contribution in [1.82, 2.24) is 19.9 Å². The van der Waals surface area contributed by atoms with Crippen LogP contribution in [0, 0.1) is 17.2 Å². The molecular formula is C26H22FN5O6S. The number of H-pyrrole nitrogens is 1. The predicted molar refractivity (Wildman–Crippen MR) is 135 cm³/mol. The number of ether oxygens (including phenoxy) is 3. The zero-order valence-electron chi connectivity index (χ0n) is 20.3. The zero-order valence-corrected chi connectivity index (χ0v) is 21.2. The van der Waals surface area contributed by atoms with Gasteiger partial charge in [-0.05, 0) is 36.8 Å². The Morgan fingerprint density at radius 2 is 2.03 bits per heavy atom. The third-order valence-electron chi connectivity index (χ3n) is 6.08. The molecule has 2 unspecified atom stereocenters. The molecule has 3 heterocycles. The first kappa shape index (κ1) is 26.1. The van der Waals surface area contributed by atoms with E-state index in [2.05, 4.69) is 15.2 Å². The second kappa shape index (κ2) is 11.1. The Hall–Kier alpha value is -4.54. The topological polar surface area (TPSA) is 156 Å². The molecule has 0 spiro atoms. The number of amides is 1. The van der Waals surface area contributed by atoms with Gasteiger partial charge in [0.15, 0.2) is 6.36 Å². The lowest BCUT2D eigenvalue weighted by Gasteiger charge is -2.24. The molecule has 1 fully saturated rings. The predicted octanol–water partition coefficient (Wildman–Crippen LogP) is 3.84. The van der Waals surface area contributed by atoms with Gasteiger partial charge in [-0.3, -0.25) is 9.89 Å². The number of pyridine rings is 1. The Morgan fingerprint density at radius 1 is 1.21 bits per heavy atom. The highest BCUT2D eigenvalue weighted by atomic mass is 32.2. The molecule has 5 rings (SSSR count). The minimum absolute atomic E-state index is 0.0300. The molecule has 0 aliphatic carbocycles. The SMILES string of the molecule is N#Cc1cc(S(=O)(=O)NC(=O)c2ccccc2Oc2cccc3[nH]ncc23)cnc1OCC1CCOC(F)C1. The normalized spacial score (nSPS) is 17.3. The molecule has 2 atom stereocenters. The number of fused-ring (bicyclic) bond motifs is 1. The lowest BCUT2D eigenvalue weighted by Crippen LogP contribution is -2.31. The van der Waals surface area contributed by atoms with Gasteiger partial charge in [0.05, 0.1) is 42.1 Å². The van der Waals surface area contributed by atoms with E-state index in [4.69, 9.17) is 14.2 Å². The van der Waals surface area contributed by atoms with Crippen molar-refractivity contribution in [3.8, 4) is 23.4 Å². The fourth-order valence-corrected chi connectivity index (χ4v) is 5.00. The molecule has 11 nitrogen and oxygen atoms in total. The molecule has 0 radical (unpaired) electrons. The number of aromatic amines is 1. The van der Waals surface area contributed by atoms with Crippen LogP contribution in [0.3, 0.4) is 0 Å². The van der Waals surface area contributed by atoms with E-state index >= 15 is 0 Å². The number of sulfonamides is 1. The molecule has 39 heavy (non-hydrogen) atoms. The number of nitrogens with zero attached hydrogens (tertiary/aromatic N) is 3. The Bertz CT molecular complexity index is 1670. The van der Waals surface area contributed by atoms with Crippen LogP contribution in [0.1, 0.15) is 28.8 Å². The Kier molecular flexibility index (Phi) is 7.40. The van der Waals surface area contributed by atoms with Crippen molar-refractivity contribution in [2.24, 2.45) is 5.92 Å². The van der Waals surface area contributed by atoms with Crippen LogP contribution in [-0.4, -0.2) is 49.1 Å². The van der Waals surface area contributed by atoms with Crippen molar-refractivity contribution in [2.45, 2.75) is 24.1 Å². The average Bonchev–Trinajstić information content (AvgIpc) is 3.42. The van der Waals surface area contributed by atoms with Crippen molar-refractivity contribution in [3.05, 3.63) is 72.1 Å². The maximum absolute atomic E-state index is 13.4. The van der Waals surface area contributed by atoms with E-state index in [1.807, 2.05) is 16.9 Å². The van der Waals surface area contributed by atoms with Gasteiger partial charge >= 0.3 is 0 Å². The molecule has 200 valence electrons. The van der Waals surface area contributed by atoms with E-state index in [0.29, 0.717) is 17.6 Å². The Balaban J connectivity index is 1.32. The van der Waals surface area contributed by atoms with Crippen molar-refractivity contribution in [1.29, 1.82) is 5.26 Å². The summed E-state index contributed by atoms with van der Waals surface area (Å²) in [6.07, 6.45) is 1.93. The molecule has 2 N–H and O–H groups in total. The summed E-state index contributed by atoms with van der Waals surface area (Å²) in [6, 6.07) is 14.3.